The van der Waals surface area contributed by atoms with Gasteiger partial charge in [0.2, 0.25) is 0 Å². The summed E-state index contributed by atoms with van der Waals surface area (Å²) in [4.78, 5) is 4.44. The monoisotopic (exact) mass is 303 g/mol. The Labute approximate surface area is 131 Å². The first-order chi connectivity index (χ1) is 10.2. The van der Waals surface area contributed by atoms with E-state index in [0.717, 1.165) is 35.2 Å². The second-order valence-corrected chi connectivity index (χ2v) is 6.58. The molecule has 0 bridgehead atoms. The number of rotatable bonds is 3. The Morgan fingerprint density at radius 2 is 2.00 bits per heavy atom. The highest BCUT2D eigenvalue weighted by molar-refractivity contribution is 6.35. The van der Waals surface area contributed by atoms with Crippen LogP contribution in [0.5, 0.6) is 0 Å². The van der Waals surface area contributed by atoms with Crippen molar-refractivity contribution in [1.82, 2.24) is 4.98 Å². The van der Waals surface area contributed by atoms with Gasteiger partial charge < -0.3 is 5.11 Å². The zero-order valence-corrected chi connectivity index (χ0v) is 13.2. The minimum atomic E-state index is -0.433. The van der Waals surface area contributed by atoms with Gasteiger partial charge in [-0.1, -0.05) is 43.9 Å². The molecule has 1 heterocycles. The third-order valence-corrected chi connectivity index (χ3v) is 5.31. The van der Waals surface area contributed by atoms with Gasteiger partial charge in [-0.3, -0.25) is 4.98 Å². The Hall–Kier alpha value is -1.12. The third kappa shape index (κ3) is 2.93. The molecule has 2 aromatic rings. The third-order valence-electron chi connectivity index (χ3n) is 4.98. The molecular weight excluding hydrogens is 282 g/mol. The highest BCUT2D eigenvalue weighted by atomic mass is 35.5. The molecule has 0 aliphatic heterocycles. The zero-order chi connectivity index (χ0) is 14.8. The molecule has 1 aliphatic carbocycles. The first kappa shape index (κ1) is 14.8. The van der Waals surface area contributed by atoms with Crippen molar-refractivity contribution >= 4 is 22.5 Å². The Morgan fingerprint density at radius 1 is 1.24 bits per heavy atom. The van der Waals surface area contributed by atoms with Crippen molar-refractivity contribution in [3.63, 3.8) is 0 Å². The van der Waals surface area contributed by atoms with Gasteiger partial charge in [0, 0.05) is 22.2 Å². The molecule has 1 aromatic carbocycles. The van der Waals surface area contributed by atoms with E-state index >= 15 is 0 Å². The van der Waals surface area contributed by atoms with Gasteiger partial charge in [0.25, 0.3) is 0 Å². The average molecular weight is 304 g/mol. The molecule has 1 N–H and O–H groups in total. The molecule has 3 heteroatoms. The number of hydrogen-bond donors (Lipinski definition) is 1. The first-order valence-electron chi connectivity index (χ1n) is 7.92. The van der Waals surface area contributed by atoms with Crippen LogP contribution in [0.2, 0.25) is 5.02 Å². The van der Waals surface area contributed by atoms with Crippen molar-refractivity contribution < 1.29 is 5.11 Å². The lowest BCUT2D eigenvalue weighted by atomic mass is 9.77. The number of aliphatic hydroxyl groups excluding tert-OH is 1. The van der Waals surface area contributed by atoms with Crippen LogP contribution in [0.1, 0.15) is 50.7 Å². The Balaban J connectivity index is 1.88. The molecule has 1 unspecified atom stereocenters. The largest absolute Gasteiger partial charge is 0.388 e. The summed E-state index contributed by atoms with van der Waals surface area (Å²) in [7, 11) is 0. The van der Waals surface area contributed by atoms with Gasteiger partial charge in [-0.05, 0) is 42.9 Å². The number of benzene rings is 1. The van der Waals surface area contributed by atoms with E-state index in [-0.39, 0.29) is 0 Å². The first-order valence-corrected chi connectivity index (χ1v) is 8.29. The molecule has 1 atom stereocenters. The number of fused-ring (bicyclic) bond motifs is 1. The van der Waals surface area contributed by atoms with Gasteiger partial charge in [-0.15, -0.1) is 0 Å². The van der Waals surface area contributed by atoms with E-state index in [2.05, 4.69) is 11.9 Å². The van der Waals surface area contributed by atoms with Crippen LogP contribution in [-0.4, -0.2) is 10.1 Å². The van der Waals surface area contributed by atoms with Crippen LogP contribution in [-0.2, 0) is 0 Å². The van der Waals surface area contributed by atoms with Gasteiger partial charge in [-0.2, -0.15) is 0 Å². The lowest BCUT2D eigenvalue weighted by Gasteiger charge is -2.31. The van der Waals surface area contributed by atoms with Crippen LogP contribution in [0.15, 0.2) is 30.5 Å². The van der Waals surface area contributed by atoms with E-state index in [4.69, 9.17) is 11.6 Å². The molecule has 0 radical (unpaired) electrons. The maximum atomic E-state index is 10.8. The van der Waals surface area contributed by atoms with Crippen molar-refractivity contribution in [3.8, 4) is 0 Å². The molecule has 2 nitrogen and oxygen atoms in total. The lowest BCUT2D eigenvalue weighted by Crippen LogP contribution is -2.20. The van der Waals surface area contributed by atoms with Crippen molar-refractivity contribution in [1.29, 1.82) is 0 Å². The van der Waals surface area contributed by atoms with E-state index in [1.165, 1.54) is 19.3 Å². The molecule has 3 rings (SSSR count). The summed E-state index contributed by atoms with van der Waals surface area (Å²) >= 11 is 6.24. The summed E-state index contributed by atoms with van der Waals surface area (Å²) in [6, 6.07) is 7.67. The smallest absolute Gasteiger partial charge is 0.0839 e. The maximum Gasteiger partial charge on any atom is 0.0839 e. The highest BCUT2D eigenvalue weighted by Crippen LogP contribution is 2.40. The number of aliphatic hydroxyl groups is 1. The molecule has 112 valence electrons. The van der Waals surface area contributed by atoms with Gasteiger partial charge >= 0.3 is 0 Å². The van der Waals surface area contributed by atoms with Crippen molar-refractivity contribution in [3.05, 3.63) is 41.0 Å². The zero-order valence-electron chi connectivity index (χ0n) is 12.4. The molecular formula is C18H22ClNO. The standard InChI is InChI=1S/C18H22ClNO/c1-2-12-5-7-13(8-6-12)18(21)15-9-10-16(19)14-4-3-11-20-17(14)15/h3-4,9-13,18,21H,2,5-8H2,1H3. The van der Waals surface area contributed by atoms with Crippen LogP contribution in [0.3, 0.4) is 0 Å². The van der Waals surface area contributed by atoms with E-state index in [1.807, 2.05) is 24.3 Å². The van der Waals surface area contributed by atoms with Crippen LogP contribution >= 0.6 is 11.6 Å². The predicted octanol–water partition coefficient (Wildman–Crippen LogP) is 5.14. The van der Waals surface area contributed by atoms with Gasteiger partial charge in [0.05, 0.1) is 11.6 Å². The summed E-state index contributed by atoms with van der Waals surface area (Å²) in [5, 5.41) is 12.4. The molecule has 0 saturated heterocycles. The number of pyridine rings is 1. The maximum absolute atomic E-state index is 10.8. The summed E-state index contributed by atoms with van der Waals surface area (Å²) < 4.78 is 0. The fraction of sp³-hybridized carbons (Fsp3) is 0.500. The van der Waals surface area contributed by atoms with Crippen molar-refractivity contribution in [2.45, 2.75) is 45.1 Å². The summed E-state index contributed by atoms with van der Waals surface area (Å²) in [5.74, 6) is 1.19. The minimum absolute atomic E-state index is 0.346. The minimum Gasteiger partial charge on any atom is -0.388 e. The molecule has 0 spiro atoms. The predicted molar refractivity (Wildman–Crippen MR) is 87.5 cm³/mol. The number of halogens is 1. The van der Waals surface area contributed by atoms with E-state index in [0.29, 0.717) is 10.9 Å². The van der Waals surface area contributed by atoms with Crippen LogP contribution < -0.4 is 0 Å². The second kappa shape index (κ2) is 6.33. The summed E-state index contributed by atoms with van der Waals surface area (Å²) in [5.41, 5.74) is 1.77. The average Bonchev–Trinajstić information content (AvgIpc) is 2.55. The second-order valence-electron chi connectivity index (χ2n) is 6.17. The fourth-order valence-corrected chi connectivity index (χ4v) is 3.78. The Morgan fingerprint density at radius 3 is 2.71 bits per heavy atom. The molecule has 21 heavy (non-hydrogen) atoms. The van der Waals surface area contributed by atoms with Gasteiger partial charge in [0.1, 0.15) is 0 Å². The highest BCUT2D eigenvalue weighted by Gasteiger charge is 2.28. The van der Waals surface area contributed by atoms with Gasteiger partial charge in [-0.25, -0.2) is 0 Å². The fourth-order valence-electron chi connectivity index (χ4n) is 3.56. The summed E-state index contributed by atoms with van der Waals surface area (Å²) in [6.45, 7) is 2.26. The lowest BCUT2D eigenvalue weighted by molar-refractivity contribution is 0.0739. The van der Waals surface area contributed by atoms with Crippen molar-refractivity contribution in [2.75, 3.05) is 0 Å². The van der Waals surface area contributed by atoms with E-state index in [1.54, 1.807) is 6.20 Å². The Bertz CT molecular complexity index is 620. The number of nitrogens with zero attached hydrogens (tertiary/aromatic N) is 1. The molecule has 1 aromatic heterocycles. The molecule has 1 aliphatic rings. The SMILES string of the molecule is CCC1CCC(C(O)c2ccc(Cl)c3cccnc23)CC1. The molecule has 1 saturated carbocycles. The van der Waals surface area contributed by atoms with E-state index < -0.39 is 6.10 Å². The van der Waals surface area contributed by atoms with Crippen LogP contribution in [0.25, 0.3) is 10.9 Å². The van der Waals surface area contributed by atoms with Gasteiger partial charge in [0.15, 0.2) is 0 Å². The Kier molecular flexibility index (Phi) is 4.46. The van der Waals surface area contributed by atoms with Crippen LogP contribution in [0.4, 0.5) is 0 Å². The number of hydrogen-bond acceptors (Lipinski definition) is 2. The quantitative estimate of drug-likeness (QED) is 0.852. The topological polar surface area (TPSA) is 33.1 Å². The van der Waals surface area contributed by atoms with Crippen LogP contribution in [0, 0.1) is 11.8 Å². The number of aromatic nitrogens is 1. The summed E-state index contributed by atoms with van der Waals surface area (Å²) in [6.07, 6.45) is 7.27. The molecule has 1 fully saturated rings. The molecule has 0 amide bonds. The van der Waals surface area contributed by atoms with Crippen molar-refractivity contribution in [2.24, 2.45) is 11.8 Å². The normalized spacial score (nSPS) is 24.1. The van der Waals surface area contributed by atoms with E-state index in [9.17, 15) is 5.11 Å².